The number of aryl methyl sites for hydroxylation is 1. The smallest absolute Gasteiger partial charge is 0.224 e. The maximum Gasteiger partial charge on any atom is 0.224 e. The summed E-state index contributed by atoms with van der Waals surface area (Å²) in [5, 5.41) is 2.97. The van der Waals surface area contributed by atoms with Gasteiger partial charge in [-0.1, -0.05) is 18.2 Å². The molecule has 1 aromatic carbocycles. The Bertz CT molecular complexity index is 564. The molecule has 0 atom stereocenters. The van der Waals surface area contributed by atoms with E-state index in [1.165, 1.54) is 5.56 Å². The summed E-state index contributed by atoms with van der Waals surface area (Å²) >= 11 is 0. The molecule has 1 amide bonds. The van der Waals surface area contributed by atoms with Gasteiger partial charge in [0.15, 0.2) is 0 Å². The van der Waals surface area contributed by atoms with Crippen LogP contribution in [0, 0.1) is 0 Å². The molecular formula is C14H12N2O. The van der Waals surface area contributed by atoms with Crippen LogP contribution in [0.1, 0.15) is 12.0 Å². The van der Waals surface area contributed by atoms with Crippen molar-refractivity contribution >= 4 is 11.6 Å². The third kappa shape index (κ3) is 1.80. The average Bonchev–Trinajstić information content (AvgIpc) is 2.39. The second-order valence-electron chi connectivity index (χ2n) is 4.12. The lowest BCUT2D eigenvalue weighted by Crippen LogP contribution is -2.19. The molecule has 2 aromatic rings. The Morgan fingerprint density at radius 3 is 2.71 bits per heavy atom. The number of para-hydroxylation sites is 1. The number of nitrogens with zero attached hydrogens (tertiary/aromatic N) is 1. The number of rotatable bonds is 1. The van der Waals surface area contributed by atoms with E-state index < -0.39 is 0 Å². The first-order valence-corrected chi connectivity index (χ1v) is 5.67. The second kappa shape index (κ2) is 4.01. The van der Waals surface area contributed by atoms with Crippen LogP contribution >= 0.6 is 0 Å². The normalized spacial score (nSPS) is 14.0. The quantitative estimate of drug-likeness (QED) is 0.809. The van der Waals surface area contributed by atoms with Crippen LogP contribution < -0.4 is 5.32 Å². The van der Waals surface area contributed by atoms with Gasteiger partial charge < -0.3 is 5.32 Å². The van der Waals surface area contributed by atoms with Crippen LogP contribution in [0.2, 0.25) is 0 Å². The molecule has 2 heterocycles. The fourth-order valence-corrected chi connectivity index (χ4v) is 2.18. The molecule has 0 saturated carbocycles. The van der Waals surface area contributed by atoms with Crippen molar-refractivity contribution in [3.05, 3.63) is 48.3 Å². The van der Waals surface area contributed by atoms with Crippen molar-refractivity contribution in [1.29, 1.82) is 0 Å². The molecule has 0 unspecified atom stereocenters. The lowest BCUT2D eigenvalue weighted by Gasteiger charge is -2.20. The highest BCUT2D eigenvalue weighted by molar-refractivity contribution is 5.98. The number of hydrogen-bond acceptors (Lipinski definition) is 2. The first-order chi connectivity index (χ1) is 8.34. The average molecular weight is 224 g/mol. The van der Waals surface area contributed by atoms with Crippen LogP contribution in [-0.4, -0.2) is 10.9 Å². The summed E-state index contributed by atoms with van der Waals surface area (Å²) in [5.41, 5.74) is 4.31. The SMILES string of the molecule is O=C1CCc2cccc(-c3ccncc3)c2N1. The van der Waals surface area contributed by atoms with Crippen LogP contribution in [0.25, 0.3) is 11.1 Å². The van der Waals surface area contributed by atoms with Gasteiger partial charge in [0.2, 0.25) is 5.91 Å². The Hall–Kier alpha value is -2.16. The molecule has 0 fully saturated rings. The number of pyridine rings is 1. The fraction of sp³-hybridized carbons (Fsp3) is 0.143. The van der Waals surface area contributed by atoms with Crippen LogP contribution in [-0.2, 0) is 11.2 Å². The van der Waals surface area contributed by atoms with Gasteiger partial charge in [-0.3, -0.25) is 9.78 Å². The highest BCUT2D eigenvalue weighted by Gasteiger charge is 2.17. The van der Waals surface area contributed by atoms with Crippen molar-refractivity contribution in [2.45, 2.75) is 12.8 Å². The van der Waals surface area contributed by atoms with Crippen LogP contribution in [0.3, 0.4) is 0 Å². The van der Waals surface area contributed by atoms with Crippen LogP contribution in [0.4, 0.5) is 5.69 Å². The van der Waals surface area contributed by atoms with Gasteiger partial charge in [-0.05, 0) is 29.7 Å². The second-order valence-corrected chi connectivity index (χ2v) is 4.12. The van der Waals surface area contributed by atoms with Crippen LogP contribution in [0.15, 0.2) is 42.7 Å². The van der Waals surface area contributed by atoms with Gasteiger partial charge in [0.05, 0.1) is 5.69 Å². The van der Waals surface area contributed by atoms with Crippen molar-refractivity contribution in [3.8, 4) is 11.1 Å². The topological polar surface area (TPSA) is 42.0 Å². The van der Waals surface area contributed by atoms with E-state index >= 15 is 0 Å². The van der Waals surface area contributed by atoms with Gasteiger partial charge in [-0.2, -0.15) is 0 Å². The number of fused-ring (bicyclic) bond motifs is 1. The predicted octanol–water partition coefficient (Wildman–Crippen LogP) is 2.63. The van der Waals surface area contributed by atoms with Crippen molar-refractivity contribution < 1.29 is 4.79 Å². The number of hydrogen-bond donors (Lipinski definition) is 1. The zero-order valence-corrected chi connectivity index (χ0v) is 9.31. The molecule has 84 valence electrons. The molecule has 3 nitrogen and oxygen atoms in total. The van der Waals surface area contributed by atoms with E-state index in [0.29, 0.717) is 6.42 Å². The van der Waals surface area contributed by atoms with Crippen molar-refractivity contribution in [2.75, 3.05) is 5.32 Å². The third-order valence-electron chi connectivity index (χ3n) is 3.03. The fourth-order valence-electron chi connectivity index (χ4n) is 2.18. The minimum absolute atomic E-state index is 0.0963. The van der Waals surface area contributed by atoms with Gasteiger partial charge >= 0.3 is 0 Å². The molecule has 0 radical (unpaired) electrons. The first-order valence-electron chi connectivity index (χ1n) is 5.67. The Kier molecular flexibility index (Phi) is 2.37. The molecule has 1 aliphatic heterocycles. The van der Waals surface area contributed by atoms with E-state index in [1.807, 2.05) is 24.3 Å². The van der Waals surface area contributed by atoms with Gasteiger partial charge in [0.1, 0.15) is 0 Å². The Balaban J connectivity index is 2.15. The van der Waals surface area contributed by atoms with E-state index in [0.717, 1.165) is 23.2 Å². The highest BCUT2D eigenvalue weighted by Crippen LogP contribution is 2.33. The van der Waals surface area contributed by atoms with E-state index in [1.54, 1.807) is 12.4 Å². The van der Waals surface area contributed by atoms with Crippen molar-refractivity contribution in [1.82, 2.24) is 4.98 Å². The maximum atomic E-state index is 11.5. The largest absolute Gasteiger partial charge is 0.325 e. The highest BCUT2D eigenvalue weighted by atomic mass is 16.1. The van der Waals surface area contributed by atoms with Gasteiger partial charge in [-0.15, -0.1) is 0 Å². The summed E-state index contributed by atoms with van der Waals surface area (Å²) in [5.74, 6) is 0.0963. The number of benzene rings is 1. The van der Waals surface area contributed by atoms with E-state index in [4.69, 9.17) is 0 Å². The Labute approximate surface area is 99.5 Å². The number of carbonyl (C=O) groups is 1. The molecular weight excluding hydrogens is 212 g/mol. The van der Waals surface area contributed by atoms with Crippen molar-refractivity contribution in [2.24, 2.45) is 0 Å². The molecule has 3 rings (SSSR count). The molecule has 1 aromatic heterocycles. The minimum Gasteiger partial charge on any atom is -0.325 e. The molecule has 0 saturated heterocycles. The minimum atomic E-state index is 0.0963. The number of nitrogens with one attached hydrogen (secondary N) is 1. The lowest BCUT2D eigenvalue weighted by atomic mass is 9.95. The standard InChI is InChI=1S/C14H12N2O/c17-13-5-4-11-2-1-3-12(14(11)16-13)10-6-8-15-9-7-10/h1-3,6-9H,4-5H2,(H,16,17). The summed E-state index contributed by atoms with van der Waals surface area (Å²) < 4.78 is 0. The third-order valence-corrected chi connectivity index (χ3v) is 3.03. The van der Waals surface area contributed by atoms with Crippen molar-refractivity contribution in [3.63, 3.8) is 0 Å². The lowest BCUT2D eigenvalue weighted by molar-refractivity contribution is -0.116. The van der Waals surface area contributed by atoms with E-state index in [2.05, 4.69) is 16.4 Å². The number of aromatic nitrogens is 1. The van der Waals surface area contributed by atoms with Crippen LogP contribution in [0.5, 0.6) is 0 Å². The molecule has 3 heteroatoms. The Morgan fingerprint density at radius 2 is 1.88 bits per heavy atom. The molecule has 0 spiro atoms. The monoisotopic (exact) mass is 224 g/mol. The molecule has 0 aliphatic carbocycles. The maximum absolute atomic E-state index is 11.5. The Morgan fingerprint density at radius 1 is 1.06 bits per heavy atom. The number of carbonyl (C=O) groups excluding carboxylic acids is 1. The first kappa shape index (κ1) is 10.0. The zero-order valence-electron chi connectivity index (χ0n) is 9.31. The van der Waals surface area contributed by atoms with Gasteiger partial charge in [0, 0.05) is 24.4 Å². The summed E-state index contributed by atoms with van der Waals surface area (Å²) in [6, 6.07) is 10.0. The molecule has 1 N–H and O–H groups in total. The predicted molar refractivity (Wildman–Crippen MR) is 66.6 cm³/mol. The zero-order chi connectivity index (χ0) is 11.7. The summed E-state index contributed by atoms with van der Waals surface area (Å²) in [6.45, 7) is 0. The summed E-state index contributed by atoms with van der Waals surface area (Å²) in [7, 11) is 0. The molecule has 17 heavy (non-hydrogen) atoms. The number of amides is 1. The summed E-state index contributed by atoms with van der Waals surface area (Å²) in [4.78, 5) is 15.5. The summed E-state index contributed by atoms with van der Waals surface area (Å²) in [6.07, 6.45) is 4.92. The van der Waals surface area contributed by atoms with Gasteiger partial charge in [-0.25, -0.2) is 0 Å². The molecule has 0 bridgehead atoms. The van der Waals surface area contributed by atoms with E-state index in [-0.39, 0.29) is 5.91 Å². The number of anilines is 1. The van der Waals surface area contributed by atoms with Gasteiger partial charge in [0.25, 0.3) is 0 Å². The van der Waals surface area contributed by atoms with E-state index in [9.17, 15) is 4.79 Å². The molecule has 1 aliphatic rings.